The number of imidazole rings is 1. The Morgan fingerprint density at radius 2 is 2.45 bits per heavy atom. The maximum atomic E-state index is 10.0. The zero-order chi connectivity index (χ0) is 7.56. The third-order valence-corrected chi connectivity index (χ3v) is 1.28. The fourth-order valence-corrected chi connectivity index (χ4v) is 0.740. The molecule has 0 N–H and O–H groups in total. The van der Waals surface area contributed by atoms with Crippen molar-refractivity contribution in [2.24, 2.45) is 0 Å². The number of halogens is 1. The van der Waals surface area contributed by atoms with Crippen LogP contribution in [0.1, 0.15) is 0 Å². The summed E-state index contributed by atoms with van der Waals surface area (Å²) in [4.78, 5) is 13.6. The Bertz CT molecular complexity index is 250. The molecule has 0 atom stereocenters. The minimum atomic E-state index is -1.18. The minimum Gasteiger partial charge on any atom is -0.548 e. The quantitative estimate of drug-likeness (QED) is 0.442. The smallest absolute Gasteiger partial charge is 0.548 e. The van der Waals surface area contributed by atoms with Gasteiger partial charge in [0.05, 0.1) is 12.5 Å². The maximum Gasteiger partial charge on any atom is 1.00 e. The number of aliphatic carboxylic acids is 1. The number of aromatic nitrogens is 2. The summed E-state index contributed by atoms with van der Waals surface area (Å²) in [6, 6.07) is 0. The monoisotopic (exact) mass is 182 g/mol. The molecule has 0 spiro atoms. The number of carbonyl (C=O) groups excluding carboxylic acids is 1. The van der Waals surface area contributed by atoms with E-state index in [0.29, 0.717) is 0 Å². The number of carbonyl (C=O) groups is 1. The summed E-state index contributed by atoms with van der Waals surface area (Å²) in [5, 5.41) is 10.2. The van der Waals surface area contributed by atoms with E-state index in [1.165, 1.54) is 17.0 Å². The molecule has 1 aromatic rings. The van der Waals surface area contributed by atoms with Crippen LogP contribution in [0.25, 0.3) is 0 Å². The number of hydrogen-bond donors (Lipinski definition) is 0. The second-order valence-electron chi connectivity index (χ2n) is 1.70. The van der Waals surface area contributed by atoms with Crippen molar-refractivity contribution in [1.29, 1.82) is 0 Å². The first kappa shape index (κ1) is 11.0. The molecule has 1 aromatic heterocycles. The van der Waals surface area contributed by atoms with E-state index in [1.54, 1.807) is 0 Å². The third kappa shape index (κ3) is 3.25. The zero-order valence-electron chi connectivity index (χ0n) is 5.95. The van der Waals surface area contributed by atoms with Gasteiger partial charge in [0, 0.05) is 12.4 Å². The van der Waals surface area contributed by atoms with Gasteiger partial charge in [-0.1, -0.05) is 0 Å². The van der Waals surface area contributed by atoms with Gasteiger partial charge < -0.3 is 14.5 Å². The Kier molecular flexibility index (Phi) is 4.76. The van der Waals surface area contributed by atoms with Crippen molar-refractivity contribution in [2.45, 2.75) is 6.54 Å². The number of carboxylic acids is 1. The summed E-state index contributed by atoms with van der Waals surface area (Å²) >= 11 is 5.44. The van der Waals surface area contributed by atoms with Gasteiger partial charge >= 0.3 is 29.6 Å². The van der Waals surface area contributed by atoms with Gasteiger partial charge in [-0.15, -0.1) is 0 Å². The maximum absolute atomic E-state index is 10.0. The van der Waals surface area contributed by atoms with Crippen molar-refractivity contribution >= 4 is 17.6 Å². The Balaban J connectivity index is 0.000001000. The predicted molar refractivity (Wildman–Crippen MR) is 32.2 cm³/mol. The number of hydrogen-bond acceptors (Lipinski definition) is 3. The van der Waals surface area contributed by atoms with Crippen molar-refractivity contribution in [3.8, 4) is 0 Å². The van der Waals surface area contributed by atoms with Crippen molar-refractivity contribution < 1.29 is 39.5 Å². The normalized spacial score (nSPS) is 8.82. The van der Waals surface area contributed by atoms with Crippen LogP contribution in [-0.4, -0.2) is 15.5 Å². The fourth-order valence-electron chi connectivity index (χ4n) is 0.568. The first-order valence-corrected chi connectivity index (χ1v) is 2.94. The Morgan fingerprint density at radius 3 is 2.82 bits per heavy atom. The molecule has 0 saturated carbocycles. The Morgan fingerprint density at radius 1 is 1.82 bits per heavy atom. The summed E-state index contributed by atoms with van der Waals surface area (Å²) in [6.07, 6.45) is 2.89. The van der Waals surface area contributed by atoms with E-state index in [1.807, 2.05) is 0 Å². The summed E-state index contributed by atoms with van der Waals surface area (Å²) in [5.74, 6) is -1.18. The zero-order valence-corrected chi connectivity index (χ0v) is 8.71. The van der Waals surface area contributed by atoms with Crippen molar-refractivity contribution in [2.75, 3.05) is 0 Å². The molecule has 0 aromatic carbocycles. The topological polar surface area (TPSA) is 57.9 Å². The molecule has 1 rings (SSSR count). The van der Waals surface area contributed by atoms with Gasteiger partial charge in [-0.2, -0.15) is 0 Å². The molecule has 0 saturated heterocycles. The van der Waals surface area contributed by atoms with Crippen LogP contribution in [0.5, 0.6) is 0 Å². The predicted octanol–water partition coefficient (Wildman–Crippen LogP) is -3.71. The first-order valence-electron chi connectivity index (χ1n) is 2.56. The van der Waals surface area contributed by atoms with E-state index >= 15 is 0 Å². The van der Waals surface area contributed by atoms with Crippen LogP contribution in [0.2, 0.25) is 5.28 Å². The SMILES string of the molecule is O=C([O-])Cn1ccnc1Cl.[Na+]. The second-order valence-corrected chi connectivity index (χ2v) is 2.03. The van der Waals surface area contributed by atoms with Crippen molar-refractivity contribution in [1.82, 2.24) is 9.55 Å². The van der Waals surface area contributed by atoms with Crippen LogP contribution in [0.4, 0.5) is 0 Å². The largest absolute Gasteiger partial charge is 1.00 e. The van der Waals surface area contributed by atoms with Gasteiger partial charge in [0.2, 0.25) is 5.28 Å². The molecule has 0 aliphatic rings. The molecule has 54 valence electrons. The molecule has 0 aliphatic carbocycles. The van der Waals surface area contributed by atoms with Gasteiger partial charge in [-0.3, -0.25) is 0 Å². The second kappa shape index (κ2) is 4.77. The van der Waals surface area contributed by atoms with Crippen molar-refractivity contribution in [3.05, 3.63) is 17.7 Å². The van der Waals surface area contributed by atoms with Gasteiger partial charge in [0.25, 0.3) is 0 Å². The average Bonchev–Trinajstić information content (AvgIpc) is 2.15. The van der Waals surface area contributed by atoms with Gasteiger partial charge in [-0.05, 0) is 11.6 Å². The molecule has 0 unspecified atom stereocenters. The molecule has 0 radical (unpaired) electrons. The average molecular weight is 183 g/mol. The molecule has 4 nitrogen and oxygen atoms in total. The molecule has 0 amide bonds. The molecule has 1 heterocycles. The Hall–Kier alpha value is -0.0300. The van der Waals surface area contributed by atoms with E-state index in [-0.39, 0.29) is 41.4 Å². The van der Waals surface area contributed by atoms with Crippen molar-refractivity contribution in [3.63, 3.8) is 0 Å². The first-order chi connectivity index (χ1) is 4.70. The van der Waals surface area contributed by atoms with Crippen LogP contribution >= 0.6 is 11.6 Å². The summed E-state index contributed by atoms with van der Waals surface area (Å²) in [7, 11) is 0. The molecular formula is C5H4ClN2NaO2. The Labute approximate surface area is 90.5 Å². The van der Waals surface area contributed by atoms with Crippen LogP contribution in [0, 0.1) is 0 Å². The van der Waals surface area contributed by atoms with Crippen LogP contribution < -0.4 is 34.7 Å². The van der Waals surface area contributed by atoms with E-state index in [9.17, 15) is 9.90 Å². The minimum absolute atomic E-state index is 0. The standard InChI is InChI=1S/C5H5ClN2O2.Na/c6-5-7-1-2-8(5)3-4(9)10;/h1-2H,3H2,(H,9,10);/q;+1/p-1. The molecule has 6 heteroatoms. The van der Waals surface area contributed by atoms with Crippen LogP contribution in [0.3, 0.4) is 0 Å². The molecule has 11 heavy (non-hydrogen) atoms. The van der Waals surface area contributed by atoms with Gasteiger partial charge in [0.15, 0.2) is 0 Å². The number of nitrogens with zero attached hydrogens (tertiary/aromatic N) is 2. The van der Waals surface area contributed by atoms with Crippen LogP contribution in [0.15, 0.2) is 12.4 Å². The summed E-state index contributed by atoms with van der Waals surface area (Å²) < 4.78 is 1.27. The molecule has 0 fully saturated rings. The van der Waals surface area contributed by atoms with Gasteiger partial charge in [-0.25, -0.2) is 4.98 Å². The molecule has 0 aliphatic heterocycles. The molecule has 0 bridgehead atoms. The van der Waals surface area contributed by atoms with Crippen LogP contribution in [-0.2, 0) is 11.3 Å². The molecular weight excluding hydrogens is 179 g/mol. The number of carboxylic acid groups (broad SMARTS) is 1. The third-order valence-electron chi connectivity index (χ3n) is 0.964. The van der Waals surface area contributed by atoms with E-state index in [4.69, 9.17) is 11.6 Å². The summed E-state index contributed by atoms with van der Waals surface area (Å²) in [5.41, 5.74) is 0. The van der Waals surface area contributed by atoms with E-state index in [2.05, 4.69) is 4.98 Å². The summed E-state index contributed by atoms with van der Waals surface area (Å²) in [6.45, 7) is -0.251. The fraction of sp³-hybridized carbons (Fsp3) is 0.200. The van der Waals surface area contributed by atoms with E-state index < -0.39 is 5.97 Å². The van der Waals surface area contributed by atoms with E-state index in [0.717, 1.165) is 0 Å². The van der Waals surface area contributed by atoms with Gasteiger partial charge in [0.1, 0.15) is 0 Å². The number of rotatable bonds is 2.